The van der Waals surface area contributed by atoms with Gasteiger partial charge in [0, 0.05) is 12.6 Å². The molecular weight excluding hydrogens is 322 g/mol. The summed E-state index contributed by atoms with van der Waals surface area (Å²) in [4.78, 5) is 37.0. The summed E-state index contributed by atoms with van der Waals surface area (Å²) >= 11 is 0. The number of carbonyl (C=O) groups is 2. The average molecular weight is 339 g/mol. The lowest BCUT2D eigenvalue weighted by atomic mass is 10.0. The highest BCUT2D eigenvalue weighted by atomic mass is 16.4. The van der Waals surface area contributed by atoms with E-state index in [1.54, 1.807) is 18.2 Å². The Morgan fingerprint density at radius 3 is 2.68 bits per heavy atom. The van der Waals surface area contributed by atoms with Crippen LogP contribution in [0.25, 0.3) is 17.0 Å². The molecule has 128 valence electrons. The zero-order chi connectivity index (χ0) is 18.1. The van der Waals surface area contributed by atoms with Crippen LogP contribution in [0.1, 0.15) is 23.1 Å². The Kier molecular flexibility index (Phi) is 4.27. The van der Waals surface area contributed by atoms with Crippen LogP contribution in [0.4, 0.5) is 0 Å². The number of rotatable bonds is 2. The van der Waals surface area contributed by atoms with E-state index in [2.05, 4.69) is 0 Å². The lowest BCUT2D eigenvalue weighted by Gasteiger charge is -2.19. The first-order valence-electron chi connectivity index (χ1n) is 7.85. The van der Waals surface area contributed by atoms with Crippen molar-refractivity contribution in [2.45, 2.75) is 20.3 Å². The van der Waals surface area contributed by atoms with Crippen LogP contribution >= 0.6 is 0 Å². The van der Waals surface area contributed by atoms with Crippen LogP contribution in [-0.2, 0) is 9.59 Å². The number of benzene rings is 1. The summed E-state index contributed by atoms with van der Waals surface area (Å²) in [6.45, 7) is 4.05. The molecule has 0 radical (unpaired) electrons. The van der Waals surface area contributed by atoms with Gasteiger partial charge in [-0.15, -0.1) is 0 Å². The zero-order valence-electron chi connectivity index (χ0n) is 13.9. The molecule has 2 amide bonds. The van der Waals surface area contributed by atoms with Crippen molar-refractivity contribution in [2.75, 3.05) is 6.54 Å². The molecule has 1 N–H and O–H groups in total. The van der Waals surface area contributed by atoms with E-state index in [0.717, 1.165) is 22.1 Å². The Morgan fingerprint density at radius 1 is 1.24 bits per heavy atom. The molecule has 1 aliphatic heterocycles. The molecule has 3 rings (SSSR count). The van der Waals surface area contributed by atoms with Crippen LogP contribution in [0.2, 0.25) is 0 Å². The van der Waals surface area contributed by atoms with Crippen LogP contribution in [-0.4, -0.2) is 28.4 Å². The van der Waals surface area contributed by atoms with E-state index in [1.807, 2.05) is 13.8 Å². The molecule has 0 atom stereocenters. The second-order valence-electron chi connectivity index (χ2n) is 5.94. The zero-order valence-corrected chi connectivity index (χ0v) is 13.9. The summed E-state index contributed by atoms with van der Waals surface area (Å²) < 4.78 is 5.24. The van der Waals surface area contributed by atoms with Gasteiger partial charge in [0.25, 0.3) is 11.8 Å². The predicted molar refractivity (Wildman–Crippen MR) is 93.1 cm³/mol. The van der Waals surface area contributed by atoms with Gasteiger partial charge in [-0.3, -0.25) is 14.5 Å². The van der Waals surface area contributed by atoms with Gasteiger partial charge in [-0.2, -0.15) is 0 Å². The molecule has 25 heavy (non-hydrogen) atoms. The van der Waals surface area contributed by atoms with Gasteiger partial charge in [0.05, 0.1) is 5.39 Å². The topological polar surface area (TPSA) is 87.8 Å². The minimum Gasteiger partial charge on any atom is -0.506 e. The van der Waals surface area contributed by atoms with Crippen molar-refractivity contribution in [2.24, 2.45) is 0 Å². The normalized spacial score (nSPS) is 14.6. The number of aryl methyl sites for hydroxylation is 2. The fourth-order valence-electron chi connectivity index (χ4n) is 2.65. The van der Waals surface area contributed by atoms with Gasteiger partial charge in [-0.25, -0.2) is 4.79 Å². The van der Waals surface area contributed by atoms with Gasteiger partial charge in [0.2, 0.25) is 0 Å². The summed E-state index contributed by atoms with van der Waals surface area (Å²) in [6, 6.07) is 3.41. The van der Waals surface area contributed by atoms with Gasteiger partial charge in [0.1, 0.15) is 16.9 Å². The van der Waals surface area contributed by atoms with Crippen molar-refractivity contribution in [3.8, 4) is 5.75 Å². The Labute approximate surface area is 143 Å². The summed E-state index contributed by atoms with van der Waals surface area (Å²) in [5.41, 5.74) is 1.29. The highest BCUT2D eigenvalue weighted by molar-refractivity contribution is 6.07. The SMILES string of the molecule is Cc1cc2oc(=O)c(/C=C/C(=O)N3CCC=CC3=O)c(O)c2cc1C. The first-order chi connectivity index (χ1) is 11.9. The number of nitrogens with zero attached hydrogens (tertiary/aromatic N) is 1. The van der Waals surface area contributed by atoms with Crippen LogP contribution in [0.3, 0.4) is 0 Å². The Morgan fingerprint density at radius 2 is 1.96 bits per heavy atom. The second-order valence-corrected chi connectivity index (χ2v) is 5.94. The van der Waals surface area contributed by atoms with Gasteiger partial charge < -0.3 is 9.52 Å². The van der Waals surface area contributed by atoms with Crippen LogP contribution in [0.5, 0.6) is 5.75 Å². The minimum absolute atomic E-state index is 0.121. The van der Waals surface area contributed by atoms with Crippen molar-refractivity contribution in [3.63, 3.8) is 0 Å². The molecule has 0 aliphatic carbocycles. The third-order valence-corrected chi connectivity index (χ3v) is 4.23. The molecule has 0 fully saturated rings. The molecule has 0 bridgehead atoms. The molecule has 0 saturated heterocycles. The molecule has 0 spiro atoms. The van der Waals surface area contributed by atoms with Gasteiger partial charge in [0.15, 0.2) is 0 Å². The van der Waals surface area contributed by atoms with E-state index in [9.17, 15) is 19.5 Å². The van der Waals surface area contributed by atoms with Crippen molar-refractivity contribution in [3.05, 3.63) is 57.5 Å². The Balaban J connectivity index is 2.00. The molecule has 6 heteroatoms. The quantitative estimate of drug-likeness (QED) is 0.671. The molecule has 0 unspecified atom stereocenters. The average Bonchev–Trinajstić information content (AvgIpc) is 2.57. The molecule has 1 aliphatic rings. The van der Waals surface area contributed by atoms with Crippen molar-refractivity contribution in [1.82, 2.24) is 4.90 Å². The molecule has 2 aromatic rings. The molecule has 6 nitrogen and oxygen atoms in total. The van der Waals surface area contributed by atoms with E-state index in [0.29, 0.717) is 11.8 Å². The Bertz CT molecular complexity index is 997. The third kappa shape index (κ3) is 3.10. The lowest BCUT2D eigenvalue weighted by molar-refractivity contribution is -0.139. The smallest absolute Gasteiger partial charge is 0.347 e. The number of hydrogen-bond acceptors (Lipinski definition) is 5. The van der Waals surface area contributed by atoms with E-state index in [-0.39, 0.29) is 23.4 Å². The van der Waals surface area contributed by atoms with Crippen molar-refractivity contribution >= 4 is 28.9 Å². The van der Waals surface area contributed by atoms with Crippen molar-refractivity contribution in [1.29, 1.82) is 0 Å². The van der Waals surface area contributed by atoms with E-state index in [1.165, 1.54) is 12.2 Å². The Hall–Kier alpha value is -3.15. The van der Waals surface area contributed by atoms with E-state index >= 15 is 0 Å². The highest BCUT2D eigenvalue weighted by Gasteiger charge is 2.20. The van der Waals surface area contributed by atoms with Crippen LogP contribution < -0.4 is 5.63 Å². The van der Waals surface area contributed by atoms with Crippen LogP contribution in [0, 0.1) is 13.8 Å². The first kappa shape index (κ1) is 16.7. The first-order valence-corrected chi connectivity index (χ1v) is 7.85. The van der Waals surface area contributed by atoms with Gasteiger partial charge >= 0.3 is 5.63 Å². The third-order valence-electron chi connectivity index (χ3n) is 4.23. The largest absolute Gasteiger partial charge is 0.506 e. The van der Waals surface area contributed by atoms with Gasteiger partial charge in [-0.05, 0) is 55.7 Å². The van der Waals surface area contributed by atoms with E-state index < -0.39 is 17.4 Å². The standard InChI is InChI=1S/C19H17NO5/c1-11-9-14-15(10-12(11)2)25-19(24)13(18(14)23)6-7-17(22)20-8-4-3-5-16(20)21/h3,5-7,9-10,23H,4,8H2,1-2H3/b7-6+. The molecule has 1 aromatic heterocycles. The van der Waals surface area contributed by atoms with Crippen molar-refractivity contribution < 1.29 is 19.1 Å². The van der Waals surface area contributed by atoms with Gasteiger partial charge in [-0.1, -0.05) is 6.08 Å². The number of fused-ring (bicyclic) bond motifs is 1. The summed E-state index contributed by atoms with van der Waals surface area (Å²) in [6.07, 6.45) is 5.90. The predicted octanol–water partition coefficient (Wildman–Crippen LogP) is 2.44. The van der Waals surface area contributed by atoms with E-state index in [4.69, 9.17) is 4.42 Å². The summed E-state index contributed by atoms with van der Waals surface area (Å²) in [7, 11) is 0. The summed E-state index contributed by atoms with van der Waals surface area (Å²) in [5.74, 6) is -1.20. The fraction of sp³-hybridized carbons (Fsp3) is 0.211. The summed E-state index contributed by atoms with van der Waals surface area (Å²) in [5, 5.41) is 10.8. The lowest BCUT2D eigenvalue weighted by Crippen LogP contribution is -2.37. The second kappa shape index (κ2) is 6.39. The number of carbonyl (C=O) groups excluding carboxylic acids is 2. The highest BCUT2D eigenvalue weighted by Crippen LogP contribution is 2.29. The maximum absolute atomic E-state index is 12.1. The minimum atomic E-state index is -0.748. The number of imide groups is 1. The monoisotopic (exact) mass is 339 g/mol. The molecule has 1 aromatic carbocycles. The maximum atomic E-state index is 12.1. The molecule has 2 heterocycles. The number of hydrogen-bond donors (Lipinski definition) is 1. The fourth-order valence-corrected chi connectivity index (χ4v) is 2.65. The number of amides is 2. The molecular formula is C19H17NO5. The molecule has 0 saturated carbocycles. The number of aromatic hydroxyl groups is 1. The van der Waals surface area contributed by atoms with Crippen LogP contribution in [0.15, 0.2) is 39.6 Å². The maximum Gasteiger partial charge on any atom is 0.347 e.